The molecule has 0 saturated carbocycles. The standard InChI is InChI=1S/C23H28BrN3O5/c1-15(16-7-9-17(24)10-8-16)25-22(30)20(28)21(29)23(31)27-13-11-26(12-14-27)18-5-3-4-6-19(18)32-2/h3-10,15,20-21,28-29H,11-14H2,1-2H3,(H,25,30)/t15-,20+,21+/m0/s1. The van der Waals surface area contributed by atoms with Gasteiger partial charge in [0.1, 0.15) is 5.75 Å². The van der Waals surface area contributed by atoms with Crippen LogP contribution in [-0.2, 0) is 9.59 Å². The zero-order chi connectivity index (χ0) is 23.3. The zero-order valence-electron chi connectivity index (χ0n) is 18.1. The summed E-state index contributed by atoms with van der Waals surface area (Å²) in [4.78, 5) is 28.7. The van der Waals surface area contributed by atoms with E-state index in [1.54, 1.807) is 14.0 Å². The van der Waals surface area contributed by atoms with Crippen molar-refractivity contribution < 1.29 is 24.5 Å². The highest BCUT2D eigenvalue weighted by molar-refractivity contribution is 9.10. The van der Waals surface area contributed by atoms with Crippen molar-refractivity contribution >= 4 is 33.4 Å². The van der Waals surface area contributed by atoms with Crippen molar-refractivity contribution in [3.8, 4) is 5.75 Å². The number of hydrogen-bond acceptors (Lipinski definition) is 6. The van der Waals surface area contributed by atoms with E-state index in [0.717, 1.165) is 21.5 Å². The maximum absolute atomic E-state index is 12.7. The molecule has 2 amide bonds. The van der Waals surface area contributed by atoms with Gasteiger partial charge in [0.05, 0.1) is 18.8 Å². The summed E-state index contributed by atoms with van der Waals surface area (Å²) < 4.78 is 6.31. The number of amides is 2. The Kier molecular flexibility index (Phi) is 8.11. The average molecular weight is 506 g/mol. The first kappa shape index (κ1) is 24.0. The number of carbonyl (C=O) groups excluding carboxylic acids is 2. The monoisotopic (exact) mass is 505 g/mol. The fourth-order valence-corrected chi connectivity index (χ4v) is 3.92. The van der Waals surface area contributed by atoms with Crippen LogP contribution in [0, 0.1) is 0 Å². The van der Waals surface area contributed by atoms with Crippen LogP contribution in [0.2, 0.25) is 0 Å². The van der Waals surface area contributed by atoms with Crippen molar-refractivity contribution in [1.82, 2.24) is 10.2 Å². The molecule has 3 N–H and O–H groups in total. The van der Waals surface area contributed by atoms with Crippen LogP contribution in [0.5, 0.6) is 5.75 Å². The van der Waals surface area contributed by atoms with Gasteiger partial charge in [-0.2, -0.15) is 0 Å². The van der Waals surface area contributed by atoms with E-state index in [1.165, 1.54) is 4.90 Å². The van der Waals surface area contributed by atoms with Gasteiger partial charge in [-0.3, -0.25) is 9.59 Å². The van der Waals surface area contributed by atoms with Crippen LogP contribution in [0.4, 0.5) is 5.69 Å². The molecule has 0 unspecified atom stereocenters. The third kappa shape index (κ3) is 5.59. The van der Waals surface area contributed by atoms with Gasteiger partial charge in [0.15, 0.2) is 12.2 Å². The number of nitrogens with one attached hydrogen (secondary N) is 1. The van der Waals surface area contributed by atoms with Gasteiger partial charge in [-0.15, -0.1) is 0 Å². The van der Waals surface area contributed by atoms with E-state index in [2.05, 4.69) is 26.1 Å². The van der Waals surface area contributed by atoms with E-state index in [0.29, 0.717) is 26.2 Å². The Bertz CT molecular complexity index is 931. The molecular formula is C23H28BrN3O5. The summed E-state index contributed by atoms with van der Waals surface area (Å²) in [5, 5.41) is 23.3. The Hall–Kier alpha value is -2.62. The molecule has 0 aromatic heterocycles. The smallest absolute Gasteiger partial charge is 0.254 e. The van der Waals surface area contributed by atoms with Gasteiger partial charge in [0.2, 0.25) is 0 Å². The van der Waals surface area contributed by atoms with Crippen molar-refractivity contribution in [3.05, 3.63) is 58.6 Å². The van der Waals surface area contributed by atoms with E-state index in [1.807, 2.05) is 48.5 Å². The highest BCUT2D eigenvalue weighted by atomic mass is 79.9. The number of para-hydroxylation sites is 2. The number of halogens is 1. The second-order valence-electron chi connectivity index (χ2n) is 7.66. The number of rotatable bonds is 7. The minimum Gasteiger partial charge on any atom is -0.495 e. The number of aliphatic hydroxyl groups is 2. The Morgan fingerprint density at radius 3 is 2.25 bits per heavy atom. The maximum Gasteiger partial charge on any atom is 0.254 e. The van der Waals surface area contributed by atoms with Gasteiger partial charge in [0.25, 0.3) is 11.8 Å². The minimum absolute atomic E-state index is 0.359. The Morgan fingerprint density at radius 2 is 1.62 bits per heavy atom. The topological polar surface area (TPSA) is 102 Å². The molecule has 1 aliphatic rings. The summed E-state index contributed by atoms with van der Waals surface area (Å²) in [7, 11) is 1.61. The lowest BCUT2D eigenvalue weighted by Crippen LogP contribution is -2.55. The summed E-state index contributed by atoms with van der Waals surface area (Å²) in [5.74, 6) is -0.711. The molecule has 1 heterocycles. The van der Waals surface area contributed by atoms with Crippen LogP contribution in [0.1, 0.15) is 18.5 Å². The molecule has 0 bridgehead atoms. The largest absolute Gasteiger partial charge is 0.495 e. The van der Waals surface area contributed by atoms with Crippen molar-refractivity contribution in [2.24, 2.45) is 0 Å². The highest BCUT2D eigenvalue weighted by Crippen LogP contribution is 2.28. The van der Waals surface area contributed by atoms with Gasteiger partial charge in [-0.25, -0.2) is 0 Å². The lowest BCUT2D eigenvalue weighted by molar-refractivity contribution is -0.153. The van der Waals surface area contributed by atoms with E-state index < -0.39 is 30.1 Å². The van der Waals surface area contributed by atoms with Crippen molar-refractivity contribution in [3.63, 3.8) is 0 Å². The molecule has 0 aliphatic carbocycles. The molecule has 32 heavy (non-hydrogen) atoms. The highest BCUT2D eigenvalue weighted by Gasteiger charge is 2.35. The lowest BCUT2D eigenvalue weighted by atomic mass is 10.1. The van der Waals surface area contributed by atoms with E-state index in [9.17, 15) is 19.8 Å². The number of anilines is 1. The van der Waals surface area contributed by atoms with Gasteiger partial charge < -0.3 is 30.1 Å². The lowest BCUT2D eigenvalue weighted by Gasteiger charge is -2.37. The SMILES string of the molecule is COc1ccccc1N1CCN(C(=O)[C@H](O)[C@@H](O)C(=O)N[C@@H](C)c2ccc(Br)cc2)CC1. The molecule has 1 saturated heterocycles. The van der Waals surface area contributed by atoms with Crippen LogP contribution in [-0.4, -0.2) is 72.4 Å². The Balaban J connectivity index is 1.54. The first-order valence-electron chi connectivity index (χ1n) is 10.4. The van der Waals surface area contributed by atoms with Gasteiger partial charge in [-0.1, -0.05) is 40.2 Å². The first-order chi connectivity index (χ1) is 15.3. The molecule has 1 aliphatic heterocycles. The molecule has 9 heteroatoms. The number of hydrogen-bond donors (Lipinski definition) is 3. The van der Waals surface area contributed by atoms with Crippen LogP contribution in [0.25, 0.3) is 0 Å². The predicted molar refractivity (Wildman–Crippen MR) is 125 cm³/mol. The van der Waals surface area contributed by atoms with Crippen molar-refractivity contribution in [1.29, 1.82) is 0 Å². The van der Waals surface area contributed by atoms with Crippen LogP contribution < -0.4 is 15.0 Å². The summed E-state index contributed by atoms with van der Waals surface area (Å²) in [6, 6.07) is 14.6. The van der Waals surface area contributed by atoms with E-state index >= 15 is 0 Å². The number of aliphatic hydroxyl groups excluding tert-OH is 2. The fraction of sp³-hybridized carbons (Fsp3) is 0.391. The molecule has 0 radical (unpaired) electrons. The Morgan fingerprint density at radius 1 is 1.00 bits per heavy atom. The molecule has 3 atom stereocenters. The number of benzene rings is 2. The van der Waals surface area contributed by atoms with Crippen LogP contribution in [0.3, 0.4) is 0 Å². The Labute approximate surface area is 195 Å². The summed E-state index contributed by atoms with van der Waals surface area (Å²) in [5.41, 5.74) is 1.77. The van der Waals surface area contributed by atoms with Gasteiger partial charge >= 0.3 is 0 Å². The normalized spacial score (nSPS) is 16.8. The van der Waals surface area contributed by atoms with Crippen molar-refractivity contribution in [2.75, 3.05) is 38.2 Å². The molecule has 172 valence electrons. The van der Waals surface area contributed by atoms with E-state index in [4.69, 9.17) is 4.74 Å². The third-order valence-corrected chi connectivity index (χ3v) is 6.10. The van der Waals surface area contributed by atoms with Gasteiger partial charge in [0, 0.05) is 30.7 Å². The number of methoxy groups -OCH3 is 1. The van der Waals surface area contributed by atoms with Gasteiger partial charge in [-0.05, 0) is 36.8 Å². The van der Waals surface area contributed by atoms with Crippen LogP contribution in [0.15, 0.2) is 53.0 Å². The fourth-order valence-electron chi connectivity index (χ4n) is 3.66. The summed E-state index contributed by atoms with van der Waals surface area (Å²) in [6.07, 6.45) is -3.68. The summed E-state index contributed by atoms with van der Waals surface area (Å²) >= 11 is 3.35. The quantitative estimate of drug-likeness (QED) is 0.529. The number of ether oxygens (including phenoxy) is 1. The molecule has 2 aromatic carbocycles. The molecule has 0 spiro atoms. The molecule has 8 nitrogen and oxygen atoms in total. The number of piperazine rings is 1. The average Bonchev–Trinajstić information content (AvgIpc) is 2.83. The third-order valence-electron chi connectivity index (χ3n) is 5.57. The second kappa shape index (κ2) is 10.8. The molecule has 2 aromatic rings. The molecule has 1 fully saturated rings. The molecule has 3 rings (SSSR count). The first-order valence-corrected chi connectivity index (χ1v) is 11.2. The molecular weight excluding hydrogens is 478 g/mol. The number of carbonyl (C=O) groups is 2. The second-order valence-corrected chi connectivity index (χ2v) is 8.57. The zero-order valence-corrected chi connectivity index (χ0v) is 19.7. The minimum atomic E-state index is -1.85. The number of nitrogens with zero attached hydrogens (tertiary/aromatic N) is 2. The van der Waals surface area contributed by atoms with Crippen LogP contribution >= 0.6 is 15.9 Å². The maximum atomic E-state index is 12.7. The predicted octanol–water partition coefficient (Wildman–Crippen LogP) is 1.71. The van der Waals surface area contributed by atoms with Crippen molar-refractivity contribution in [2.45, 2.75) is 25.2 Å². The summed E-state index contributed by atoms with van der Waals surface area (Å²) in [6.45, 7) is 3.57. The van der Waals surface area contributed by atoms with E-state index in [-0.39, 0.29) is 0 Å².